The third-order valence-corrected chi connectivity index (χ3v) is 3.06. The first kappa shape index (κ1) is 16.1. The molecule has 0 heterocycles. The fourth-order valence-electron chi connectivity index (χ4n) is 1.97. The maximum atomic E-state index is 13.4. The Kier molecular flexibility index (Phi) is 6.07. The molecular weight excluding hydrogens is 279 g/mol. The smallest absolute Gasteiger partial charge is 0.146 e. The Balaban J connectivity index is 1.77. The molecule has 0 saturated carbocycles. The molecule has 2 aromatic carbocycles. The predicted molar refractivity (Wildman–Crippen MR) is 90.2 cm³/mol. The van der Waals surface area contributed by atoms with E-state index in [4.69, 9.17) is 4.74 Å². The molecule has 0 radical (unpaired) electrons. The molecule has 4 heteroatoms. The molecule has 2 aromatic rings. The van der Waals surface area contributed by atoms with Crippen LogP contribution in [-0.2, 0) is 0 Å². The monoisotopic (exact) mass is 302 g/mol. The van der Waals surface area contributed by atoms with E-state index in [0.29, 0.717) is 31.3 Å². The summed E-state index contributed by atoms with van der Waals surface area (Å²) in [6.07, 6.45) is 0. The zero-order valence-electron chi connectivity index (χ0n) is 13.1. The molecular formula is C18H23FN2O. The van der Waals surface area contributed by atoms with Crippen molar-refractivity contribution in [3.05, 3.63) is 54.3 Å². The summed E-state index contributed by atoms with van der Waals surface area (Å²) in [7, 11) is 0. The third-order valence-electron chi connectivity index (χ3n) is 3.06. The molecule has 2 N–H and O–H groups in total. The molecule has 0 bridgehead atoms. The lowest BCUT2D eigenvalue weighted by Crippen LogP contribution is -2.14. The summed E-state index contributed by atoms with van der Waals surface area (Å²) < 4.78 is 19.1. The van der Waals surface area contributed by atoms with E-state index < -0.39 is 0 Å². The Morgan fingerprint density at radius 1 is 1.00 bits per heavy atom. The molecule has 0 aliphatic carbocycles. The first-order valence-electron chi connectivity index (χ1n) is 7.60. The van der Waals surface area contributed by atoms with E-state index in [9.17, 15) is 4.39 Å². The summed E-state index contributed by atoms with van der Waals surface area (Å²) in [5.41, 5.74) is 1.52. The fourth-order valence-corrected chi connectivity index (χ4v) is 1.97. The Morgan fingerprint density at radius 3 is 2.55 bits per heavy atom. The van der Waals surface area contributed by atoms with Crippen molar-refractivity contribution in [1.82, 2.24) is 0 Å². The van der Waals surface area contributed by atoms with E-state index in [1.165, 1.54) is 6.07 Å². The molecule has 118 valence electrons. The first-order valence-corrected chi connectivity index (χ1v) is 7.60. The highest BCUT2D eigenvalue weighted by Crippen LogP contribution is 2.18. The van der Waals surface area contributed by atoms with Gasteiger partial charge in [-0.3, -0.25) is 0 Å². The first-order chi connectivity index (χ1) is 10.6. The second kappa shape index (κ2) is 8.27. The van der Waals surface area contributed by atoms with Crippen LogP contribution in [-0.4, -0.2) is 19.7 Å². The van der Waals surface area contributed by atoms with Gasteiger partial charge in [0, 0.05) is 24.8 Å². The lowest BCUT2D eigenvalue weighted by molar-refractivity contribution is 0.271. The standard InChI is InChI=1S/C18H23FN2O/c1-14(2)13-22-16-7-5-6-15(12-16)20-10-11-21-18-9-4-3-8-17(18)19/h3-9,12,14,20-21H,10-11,13H2,1-2H3. The third kappa shape index (κ3) is 5.28. The fraction of sp³-hybridized carbons (Fsp3) is 0.333. The van der Waals surface area contributed by atoms with Gasteiger partial charge in [-0.15, -0.1) is 0 Å². The number of halogens is 1. The van der Waals surface area contributed by atoms with Gasteiger partial charge < -0.3 is 15.4 Å². The molecule has 0 saturated heterocycles. The van der Waals surface area contributed by atoms with Crippen molar-refractivity contribution >= 4 is 11.4 Å². The van der Waals surface area contributed by atoms with Crippen molar-refractivity contribution in [1.29, 1.82) is 0 Å². The maximum Gasteiger partial charge on any atom is 0.146 e. The second-order valence-electron chi connectivity index (χ2n) is 5.57. The number of anilines is 2. The minimum absolute atomic E-state index is 0.230. The van der Waals surface area contributed by atoms with Gasteiger partial charge in [-0.25, -0.2) is 4.39 Å². The summed E-state index contributed by atoms with van der Waals surface area (Å²) in [6, 6.07) is 14.6. The highest BCUT2D eigenvalue weighted by molar-refractivity contribution is 5.49. The van der Waals surface area contributed by atoms with Crippen molar-refractivity contribution in [2.24, 2.45) is 5.92 Å². The average molecular weight is 302 g/mol. The molecule has 0 unspecified atom stereocenters. The summed E-state index contributed by atoms with van der Waals surface area (Å²) in [4.78, 5) is 0. The van der Waals surface area contributed by atoms with Gasteiger partial charge in [0.25, 0.3) is 0 Å². The van der Waals surface area contributed by atoms with Crippen molar-refractivity contribution < 1.29 is 9.13 Å². The van der Waals surface area contributed by atoms with Crippen molar-refractivity contribution in [2.45, 2.75) is 13.8 Å². The van der Waals surface area contributed by atoms with Crippen LogP contribution in [0.3, 0.4) is 0 Å². The molecule has 0 amide bonds. The molecule has 0 fully saturated rings. The molecule has 22 heavy (non-hydrogen) atoms. The Labute approximate surface area is 131 Å². The Bertz CT molecular complexity index is 587. The van der Waals surface area contributed by atoms with E-state index in [1.807, 2.05) is 30.3 Å². The van der Waals surface area contributed by atoms with Crippen LogP contribution in [0.1, 0.15) is 13.8 Å². The van der Waals surface area contributed by atoms with E-state index in [0.717, 1.165) is 11.4 Å². The van der Waals surface area contributed by atoms with E-state index in [1.54, 1.807) is 12.1 Å². The number of hydrogen-bond donors (Lipinski definition) is 2. The molecule has 0 atom stereocenters. The molecule has 2 rings (SSSR count). The van der Waals surface area contributed by atoms with Crippen molar-refractivity contribution in [3.63, 3.8) is 0 Å². The summed E-state index contributed by atoms with van der Waals surface area (Å²) in [5, 5.41) is 6.37. The van der Waals surface area contributed by atoms with Crippen LogP contribution in [0.15, 0.2) is 48.5 Å². The van der Waals surface area contributed by atoms with E-state index in [-0.39, 0.29) is 5.82 Å². The SMILES string of the molecule is CC(C)COc1cccc(NCCNc2ccccc2F)c1. The van der Waals surface area contributed by atoms with Gasteiger partial charge >= 0.3 is 0 Å². The van der Waals surface area contributed by atoms with E-state index in [2.05, 4.69) is 24.5 Å². The largest absolute Gasteiger partial charge is 0.493 e. The van der Waals surface area contributed by atoms with Gasteiger partial charge in [-0.2, -0.15) is 0 Å². The normalized spacial score (nSPS) is 10.5. The molecule has 0 aliphatic heterocycles. The number of ether oxygens (including phenoxy) is 1. The number of para-hydroxylation sites is 1. The van der Waals surface area contributed by atoms with E-state index >= 15 is 0 Å². The summed E-state index contributed by atoms with van der Waals surface area (Å²) >= 11 is 0. The van der Waals surface area contributed by atoms with Gasteiger partial charge in [-0.1, -0.05) is 32.0 Å². The van der Waals surface area contributed by atoms with Gasteiger partial charge in [0.15, 0.2) is 0 Å². The lowest BCUT2D eigenvalue weighted by atomic mass is 10.2. The molecule has 0 aromatic heterocycles. The van der Waals surface area contributed by atoms with Crippen LogP contribution in [0, 0.1) is 11.7 Å². The van der Waals surface area contributed by atoms with Gasteiger partial charge in [-0.05, 0) is 30.2 Å². The van der Waals surface area contributed by atoms with Crippen LogP contribution in [0.25, 0.3) is 0 Å². The minimum Gasteiger partial charge on any atom is -0.493 e. The van der Waals surface area contributed by atoms with Gasteiger partial charge in [0.05, 0.1) is 12.3 Å². The number of rotatable bonds is 8. The summed E-state index contributed by atoms with van der Waals surface area (Å²) in [5.74, 6) is 1.13. The Morgan fingerprint density at radius 2 is 1.77 bits per heavy atom. The van der Waals surface area contributed by atoms with Crippen molar-refractivity contribution in [3.8, 4) is 5.75 Å². The average Bonchev–Trinajstić information content (AvgIpc) is 2.51. The molecule has 3 nitrogen and oxygen atoms in total. The second-order valence-corrected chi connectivity index (χ2v) is 5.57. The highest BCUT2D eigenvalue weighted by atomic mass is 19.1. The van der Waals surface area contributed by atoms with Gasteiger partial charge in [0.1, 0.15) is 11.6 Å². The lowest BCUT2D eigenvalue weighted by Gasteiger charge is -2.12. The predicted octanol–water partition coefficient (Wildman–Crippen LogP) is 4.38. The zero-order valence-corrected chi connectivity index (χ0v) is 13.1. The highest BCUT2D eigenvalue weighted by Gasteiger charge is 2.00. The number of hydrogen-bond acceptors (Lipinski definition) is 3. The van der Waals surface area contributed by atoms with Crippen LogP contribution in [0.5, 0.6) is 5.75 Å². The summed E-state index contributed by atoms with van der Waals surface area (Å²) in [6.45, 7) is 6.28. The van der Waals surface area contributed by atoms with Crippen LogP contribution >= 0.6 is 0 Å². The van der Waals surface area contributed by atoms with Crippen LogP contribution in [0.4, 0.5) is 15.8 Å². The topological polar surface area (TPSA) is 33.3 Å². The zero-order chi connectivity index (χ0) is 15.8. The van der Waals surface area contributed by atoms with Crippen LogP contribution < -0.4 is 15.4 Å². The molecule has 0 aliphatic rings. The Hall–Kier alpha value is -2.23. The quantitative estimate of drug-likeness (QED) is 0.710. The van der Waals surface area contributed by atoms with Crippen molar-refractivity contribution in [2.75, 3.05) is 30.3 Å². The van der Waals surface area contributed by atoms with Gasteiger partial charge in [0.2, 0.25) is 0 Å². The molecule has 0 spiro atoms. The number of nitrogens with one attached hydrogen (secondary N) is 2. The minimum atomic E-state index is -0.230. The van der Waals surface area contributed by atoms with Crippen LogP contribution in [0.2, 0.25) is 0 Å². The number of benzene rings is 2. The maximum absolute atomic E-state index is 13.4.